The summed E-state index contributed by atoms with van der Waals surface area (Å²) in [7, 11) is 0. The molecule has 0 spiro atoms. The fraction of sp³-hybridized carbons (Fsp3) is 0. The van der Waals surface area contributed by atoms with E-state index in [9.17, 15) is 0 Å². The van der Waals surface area contributed by atoms with Gasteiger partial charge in [-0.15, -0.1) is 0 Å². The Balaban J connectivity index is 2.31. The second kappa shape index (κ2) is 3.89. The van der Waals surface area contributed by atoms with Crippen molar-refractivity contribution < 1.29 is 0 Å². The van der Waals surface area contributed by atoms with Crippen molar-refractivity contribution in [1.82, 2.24) is 9.97 Å². The molecule has 0 aliphatic rings. The maximum atomic E-state index is 5.78. The molecule has 0 fully saturated rings. The van der Waals surface area contributed by atoms with Crippen LogP contribution in [0.4, 0.5) is 5.69 Å². The van der Waals surface area contributed by atoms with Crippen molar-refractivity contribution in [2.24, 2.45) is 0 Å². The number of hydrogen-bond acceptors (Lipinski definition) is 2. The van der Waals surface area contributed by atoms with Crippen LogP contribution in [0.25, 0.3) is 22.2 Å². The van der Waals surface area contributed by atoms with Crippen molar-refractivity contribution in [3.05, 3.63) is 47.2 Å². The van der Waals surface area contributed by atoms with E-state index in [4.69, 9.17) is 5.73 Å². The predicted octanol–water partition coefficient (Wildman–Crippen LogP) is 3.57. The molecule has 84 valence electrons. The molecule has 17 heavy (non-hydrogen) atoms. The first kappa shape index (κ1) is 10.4. The first-order chi connectivity index (χ1) is 8.25. The van der Waals surface area contributed by atoms with Gasteiger partial charge in [0.2, 0.25) is 0 Å². The summed E-state index contributed by atoms with van der Waals surface area (Å²) in [5.74, 6) is 0. The van der Waals surface area contributed by atoms with E-state index in [1.807, 2.05) is 30.5 Å². The van der Waals surface area contributed by atoms with Crippen LogP contribution in [0.1, 0.15) is 0 Å². The van der Waals surface area contributed by atoms with Gasteiger partial charge in [0, 0.05) is 39.0 Å². The van der Waals surface area contributed by atoms with Gasteiger partial charge >= 0.3 is 0 Å². The Kier molecular flexibility index (Phi) is 2.37. The summed E-state index contributed by atoms with van der Waals surface area (Å²) >= 11 is 3.56. The summed E-state index contributed by atoms with van der Waals surface area (Å²) in [4.78, 5) is 7.59. The molecule has 0 aliphatic carbocycles. The number of nitrogens with two attached hydrogens (primary N) is 1. The first-order valence-corrected chi connectivity index (χ1v) is 6.02. The SMILES string of the molecule is Nc1ccnc(-c2c[nH]c3cccc(Br)c23)c1. The number of aromatic nitrogens is 2. The van der Waals surface area contributed by atoms with Gasteiger partial charge < -0.3 is 10.7 Å². The molecule has 0 aliphatic heterocycles. The summed E-state index contributed by atoms with van der Waals surface area (Å²) in [5, 5.41) is 1.13. The monoisotopic (exact) mass is 287 g/mol. The van der Waals surface area contributed by atoms with Gasteiger partial charge in [-0.3, -0.25) is 4.98 Å². The van der Waals surface area contributed by atoms with Gasteiger partial charge in [0.05, 0.1) is 5.69 Å². The summed E-state index contributed by atoms with van der Waals surface area (Å²) in [6, 6.07) is 9.72. The lowest BCUT2D eigenvalue weighted by atomic mass is 10.1. The molecule has 0 amide bonds. The molecule has 3 nitrogen and oxygen atoms in total. The molecule has 3 rings (SSSR count). The molecule has 3 aromatic rings. The summed E-state index contributed by atoms with van der Waals surface area (Å²) in [5.41, 5.74) is 9.52. The number of rotatable bonds is 1. The van der Waals surface area contributed by atoms with Gasteiger partial charge in [0.25, 0.3) is 0 Å². The lowest BCUT2D eigenvalue weighted by Gasteiger charge is -2.01. The Morgan fingerprint density at radius 3 is 2.94 bits per heavy atom. The number of nitrogen functional groups attached to an aromatic ring is 1. The van der Waals surface area contributed by atoms with E-state index in [0.29, 0.717) is 0 Å². The molecule has 2 heterocycles. The predicted molar refractivity (Wildman–Crippen MR) is 73.6 cm³/mol. The average molecular weight is 288 g/mol. The maximum absolute atomic E-state index is 5.78. The minimum Gasteiger partial charge on any atom is -0.399 e. The van der Waals surface area contributed by atoms with E-state index in [0.717, 1.165) is 32.3 Å². The normalized spacial score (nSPS) is 10.9. The number of benzene rings is 1. The van der Waals surface area contributed by atoms with Gasteiger partial charge in [-0.05, 0) is 24.3 Å². The Morgan fingerprint density at radius 2 is 2.12 bits per heavy atom. The second-order valence-electron chi connectivity index (χ2n) is 3.84. The van der Waals surface area contributed by atoms with Crippen LogP contribution in [0, 0.1) is 0 Å². The number of nitrogens with zero attached hydrogens (tertiary/aromatic N) is 1. The molecule has 0 unspecified atom stereocenters. The second-order valence-corrected chi connectivity index (χ2v) is 4.69. The fourth-order valence-electron chi connectivity index (χ4n) is 1.94. The minimum absolute atomic E-state index is 0.719. The standard InChI is InChI=1S/C13H10BrN3/c14-10-2-1-3-11-13(10)9(7-17-11)12-6-8(15)4-5-16-12/h1-7,17H,(H2,15,16). The highest BCUT2D eigenvalue weighted by Gasteiger charge is 2.09. The maximum Gasteiger partial charge on any atom is 0.0744 e. The zero-order chi connectivity index (χ0) is 11.8. The number of anilines is 1. The molecule has 2 aromatic heterocycles. The van der Waals surface area contributed by atoms with E-state index in [1.54, 1.807) is 12.3 Å². The van der Waals surface area contributed by atoms with Gasteiger partial charge in [0.1, 0.15) is 0 Å². The number of nitrogens with one attached hydrogen (secondary N) is 1. The number of fused-ring (bicyclic) bond motifs is 1. The highest BCUT2D eigenvalue weighted by molar-refractivity contribution is 9.10. The van der Waals surface area contributed by atoms with Crippen LogP contribution >= 0.6 is 15.9 Å². The number of pyridine rings is 1. The minimum atomic E-state index is 0.719. The third kappa shape index (κ3) is 1.70. The van der Waals surface area contributed by atoms with E-state index in [2.05, 4.69) is 25.9 Å². The van der Waals surface area contributed by atoms with Crippen molar-refractivity contribution in [1.29, 1.82) is 0 Å². The van der Waals surface area contributed by atoms with Crippen molar-refractivity contribution in [3.8, 4) is 11.3 Å². The molecule has 3 N–H and O–H groups in total. The molecule has 0 saturated heterocycles. The van der Waals surface area contributed by atoms with Crippen LogP contribution in [0.15, 0.2) is 47.2 Å². The van der Waals surface area contributed by atoms with Crippen LogP contribution in [0.5, 0.6) is 0 Å². The van der Waals surface area contributed by atoms with E-state index >= 15 is 0 Å². The van der Waals surface area contributed by atoms with E-state index < -0.39 is 0 Å². The van der Waals surface area contributed by atoms with Crippen LogP contribution in [0.2, 0.25) is 0 Å². The highest BCUT2D eigenvalue weighted by atomic mass is 79.9. The lowest BCUT2D eigenvalue weighted by molar-refractivity contribution is 1.33. The quantitative estimate of drug-likeness (QED) is 0.719. The average Bonchev–Trinajstić information content (AvgIpc) is 2.74. The fourth-order valence-corrected chi connectivity index (χ4v) is 2.52. The zero-order valence-electron chi connectivity index (χ0n) is 8.94. The van der Waals surface area contributed by atoms with Gasteiger partial charge in [-0.2, -0.15) is 0 Å². The Hall–Kier alpha value is -1.81. The molecular formula is C13H10BrN3. The van der Waals surface area contributed by atoms with Gasteiger partial charge in [-0.25, -0.2) is 0 Å². The van der Waals surface area contributed by atoms with Crippen molar-refractivity contribution in [2.45, 2.75) is 0 Å². The Labute approximate surface area is 107 Å². The Bertz CT molecular complexity index is 688. The van der Waals surface area contributed by atoms with Gasteiger partial charge in [0.15, 0.2) is 0 Å². The van der Waals surface area contributed by atoms with E-state index in [1.165, 1.54) is 0 Å². The third-order valence-corrected chi connectivity index (χ3v) is 3.38. The van der Waals surface area contributed by atoms with Crippen LogP contribution < -0.4 is 5.73 Å². The summed E-state index contributed by atoms with van der Waals surface area (Å²) in [6.07, 6.45) is 3.68. The smallest absolute Gasteiger partial charge is 0.0744 e. The Morgan fingerprint density at radius 1 is 1.24 bits per heavy atom. The summed E-state index contributed by atoms with van der Waals surface area (Å²) < 4.78 is 1.05. The van der Waals surface area contributed by atoms with Crippen molar-refractivity contribution >= 4 is 32.5 Å². The van der Waals surface area contributed by atoms with Crippen LogP contribution in [-0.2, 0) is 0 Å². The van der Waals surface area contributed by atoms with Crippen LogP contribution in [-0.4, -0.2) is 9.97 Å². The molecule has 4 heteroatoms. The topological polar surface area (TPSA) is 54.7 Å². The number of halogens is 1. The number of aromatic amines is 1. The zero-order valence-corrected chi connectivity index (χ0v) is 10.5. The molecule has 0 bridgehead atoms. The molecular weight excluding hydrogens is 278 g/mol. The molecule has 1 aromatic carbocycles. The van der Waals surface area contributed by atoms with Gasteiger partial charge in [-0.1, -0.05) is 22.0 Å². The number of H-pyrrole nitrogens is 1. The molecule has 0 atom stereocenters. The molecule has 0 radical (unpaired) electrons. The highest BCUT2D eigenvalue weighted by Crippen LogP contribution is 2.33. The first-order valence-electron chi connectivity index (χ1n) is 5.23. The van der Waals surface area contributed by atoms with Crippen molar-refractivity contribution in [2.75, 3.05) is 5.73 Å². The van der Waals surface area contributed by atoms with Crippen molar-refractivity contribution in [3.63, 3.8) is 0 Å². The largest absolute Gasteiger partial charge is 0.399 e. The lowest BCUT2D eigenvalue weighted by Crippen LogP contribution is -1.87. The van der Waals surface area contributed by atoms with E-state index in [-0.39, 0.29) is 0 Å². The number of hydrogen-bond donors (Lipinski definition) is 2. The molecule has 0 saturated carbocycles. The summed E-state index contributed by atoms with van der Waals surface area (Å²) in [6.45, 7) is 0. The van der Waals surface area contributed by atoms with Crippen LogP contribution in [0.3, 0.4) is 0 Å². The third-order valence-electron chi connectivity index (χ3n) is 2.71.